The van der Waals surface area contributed by atoms with E-state index in [2.05, 4.69) is 50.9 Å². The van der Waals surface area contributed by atoms with E-state index in [1.54, 1.807) is 0 Å². The number of hydrogen-bond donors (Lipinski definition) is 1. The molecule has 1 aliphatic heterocycles. The van der Waals surface area contributed by atoms with Gasteiger partial charge < -0.3 is 5.32 Å². The summed E-state index contributed by atoms with van der Waals surface area (Å²) in [6.45, 7) is 14.8. The Balaban J connectivity index is 2.59. The van der Waals surface area contributed by atoms with Gasteiger partial charge in [0.05, 0.1) is 0 Å². The van der Waals surface area contributed by atoms with E-state index >= 15 is 0 Å². The summed E-state index contributed by atoms with van der Waals surface area (Å²) < 4.78 is 0. The lowest BCUT2D eigenvalue weighted by Gasteiger charge is -2.42. The van der Waals surface area contributed by atoms with Crippen molar-refractivity contribution in [3.8, 4) is 0 Å². The number of nitrogens with zero attached hydrogens (tertiary/aromatic N) is 1. The third-order valence-electron chi connectivity index (χ3n) is 3.68. The molecule has 0 saturated carbocycles. The number of allylic oxidation sites excluding steroid dienone is 1. The van der Waals surface area contributed by atoms with E-state index in [-0.39, 0.29) is 0 Å². The first-order chi connectivity index (χ1) is 8.04. The molecule has 2 nitrogen and oxygen atoms in total. The number of nitrogens with one attached hydrogen (secondary N) is 1. The van der Waals surface area contributed by atoms with Gasteiger partial charge >= 0.3 is 0 Å². The summed E-state index contributed by atoms with van der Waals surface area (Å²) >= 11 is 0. The fourth-order valence-electron chi connectivity index (χ4n) is 2.61. The lowest BCUT2D eigenvalue weighted by Crippen LogP contribution is -2.58. The van der Waals surface area contributed by atoms with Crippen LogP contribution < -0.4 is 5.32 Å². The fraction of sp³-hybridized carbons (Fsp3) is 0.867. The van der Waals surface area contributed by atoms with E-state index < -0.39 is 0 Å². The minimum absolute atomic E-state index is 0.693. The first-order valence-corrected chi connectivity index (χ1v) is 7.15. The van der Waals surface area contributed by atoms with Gasteiger partial charge in [0.1, 0.15) is 0 Å². The van der Waals surface area contributed by atoms with Crippen LogP contribution in [0.2, 0.25) is 0 Å². The molecule has 0 aromatic rings. The van der Waals surface area contributed by atoms with E-state index in [9.17, 15) is 0 Å². The summed E-state index contributed by atoms with van der Waals surface area (Å²) in [5, 5.41) is 3.71. The van der Waals surface area contributed by atoms with Crippen LogP contribution >= 0.6 is 0 Å². The van der Waals surface area contributed by atoms with Crippen LogP contribution in [0.5, 0.6) is 0 Å². The summed E-state index contributed by atoms with van der Waals surface area (Å²) in [7, 11) is 0. The zero-order chi connectivity index (χ0) is 12.8. The molecule has 1 fully saturated rings. The third-order valence-corrected chi connectivity index (χ3v) is 3.68. The van der Waals surface area contributed by atoms with Gasteiger partial charge in [-0.2, -0.15) is 0 Å². The van der Waals surface area contributed by atoms with Crippen molar-refractivity contribution in [3.63, 3.8) is 0 Å². The highest BCUT2D eigenvalue weighted by Gasteiger charge is 2.28. The Morgan fingerprint density at radius 2 is 2.12 bits per heavy atom. The van der Waals surface area contributed by atoms with E-state index in [0.717, 1.165) is 19.0 Å². The largest absolute Gasteiger partial charge is 0.311 e. The van der Waals surface area contributed by atoms with Crippen LogP contribution in [-0.4, -0.2) is 36.6 Å². The van der Waals surface area contributed by atoms with Gasteiger partial charge in [-0.05, 0) is 26.2 Å². The molecule has 1 aliphatic rings. The Labute approximate surface area is 107 Å². The highest BCUT2D eigenvalue weighted by Crippen LogP contribution is 2.17. The molecule has 17 heavy (non-hydrogen) atoms. The predicted molar refractivity (Wildman–Crippen MR) is 76.3 cm³/mol. The predicted octanol–water partition coefficient (Wildman–Crippen LogP) is 3.05. The summed E-state index contributed by atoms with van der Waals surface area (Å²) in [6, 6.07) is 1.39. The number of piperazine rings is 1. The smallest absolute Gasteiger partial charge is 0.0247 e. The first-order valence-electron chi connectivity index (χ1n) is 7.15. The molecule has 1 heterocycles. The van der Waals surface area contributed by atoms with Crippen LogP contribution in [-0.2, 0) is 0 Å². The van der Waals surface area contributed by atoms with Gasteiger partial charge in [-0.25, -0.2) is 0 Å². The van der Waals surface area contributed by atoms with Crippen LogP contribution in [0.4, 0.5) is 0 Å². The van der Waals surface area contributed by atoms with Crippen molar-refractivity contribution in [3.05, 3.63) is 11.6 Å². The molecule has 0 bridgehead atoms. The lowest BCUT2D eigenvalue weighted by atomic mass is 9.97. The van der Waals surface area contributed by atoms with Gasteiger partial charge in [-0.3, -0.25) is 4.90 Å². The van der Waals surface area contributed by atoms with Crippen LogP contribution in [0.25, 0.3) is 0 Å². The van der Waals surface area contributed by atoms with Crippen LogP contribution in [0.3, 0.4) is 0 Å². The molecule has 100 valence electrons. The van der Waals surface area contributed by atoms with Crippen molar-refractivity contribution in [2.75, 3.05) is 19.6 Å². The molecule has 2 unspecified atom stereocenters. The van der Waals surface area contributed by atoms with Crippen molar-refractivity contribution < 1.29 is 0 Å². The molecule has 0 aromatic heterocycles. The van der Waals surface area contributed by atoms with Crippen molar-refractivity contribution in [1.82, 2.24) is 10.2 Å². The monoisotopic (exact) mass is 238 g/mol. The van der Waals surface area contributed by atoms with Crippen LogP contribution in [0.15, 0.2) is 11.6 Å². The average Bonchev–Trinajstić information content (AvgIpc) is 2.26. The maximum Gasteiger partial charge on any atom is 0.0247 e. The van der Waals surface area contributed by atoms with Gasteiger partial charge in [0, 0.05) is 31.7 Å². The molecule has 2 atom stereocenters. The van der Waals surface area contributed by atoms with E-state index in [1.807, 2.05) is 0 Å². The molecule has 0 aliphatic carbocycles. The molecule has 0 amide bonds. The van der Waals surface area contributed by atoms with Gasteiger partial charge in [-0.15, -0.1) is 0 Å². The van der Waals surface area contributed by atoms with Crippen molar-refractivity contribution in [2.24, 2.45) is 5.92 Å². The van der Waals surface area contributed by atoms with Crippen molar-refractivity contribution in [2.45, 2.75) is 59.5 Å². The SMILES string of the molecule is CCCC1CN(CC=C(C)C)C(C(C)C)CN1. The van der Waals surface area contributed by atoms with Crippen molar-refractivity contribution >= 4 is 0 Å². The first kappa shape index (κ1) is 14.7. The Kier molecular flexibility index (Phi) is 6.21. The highest BCUT2D eigenvalue weighted by atomic mass is 15.2. The second-order valence-electron chi connectivity index (χ2n) is 5.94. The summed E-state index contributed by atoms with van der Waals surface area (Å²) in [4.78, 5) is 2.66. The van der Waals surface area contributed by atoms with Gasteiger partial charge in [-0.1, -0.05) is 38.8 Å². The molecule has 0 aromatic carbocycles. The lowest BCUT2D eigenvalue weighted by molar-refractivity contribution is 0.108. The molecule has 1 rings (SSSR count). The molecule has 0 spiro atoms. The minimum Gasteiger partial charge on any atom is -0.311 e. The number of hydrogen-bond acceptors (Lipinski definition) is 2. The highest BCUT2D eigenvalue weighted by molar-refractivity contribution is 4.98. The zero-order valence-electron chi connectivity index (χ0n) is 12.3. The zero-order valence-corrected chi connectivity index (χ0v) is 12.3. The Morgan fingerprint density at radius 3 is 2.65 bits per heavy atom. The van der Waals surface area contributed by atoms with E-state index in [0.29, 0.717) is 12.1 Å². The minimum atomic E-state index is 0.693. The molecule has 1 N–H and O–H groups in total. The van der Waals surface area contributed by atoms with Gasteiger partial charge in [0.25, 0.3) is 0 Å². The Hall–Kier alpha value is -0.340. The second-order valence-corrected chi connectivity index (χ2v) is 5.94. The van der Waals surface area contributed by atoms with Crippen LogP contribution in [0.1, 0.15) is 47.5 Å². The van der Waals surface area contributed by atoms with Gasteiger partial charge in [0.15, 0.2) is 0 Å². The molecular formula is C15H30N2. The Morgan fingerprint density at radius 1 is 1.41 bits per heavy atom. The molecule has 0 radical (unpaired) electrons. The second kappa shape index (κ2) is 7.17. The topological polar surface area (TPSA) is 15.3 Å². The van der Waals surface area contributed by atoms with Gasteiger partial charge in [0.2, 0.25) is 0 Å². The summed E-state index contributed by atoms with van der Waals surface area (Å²) in [5.41, 5.74) is 1.43. The summed E-state index contributed by atoms with van der Waals surface area (Å²) in [6.07, 6.45) is 4.94. The third kappa shape index (κ3) is 4.81. The van der Waals surface area contributed by atoms with E-state index in [1.165, 1.54) is 25.0 Å². The maximum absolute atomic E-state index is 3.71. The van der Waals surface area contributed by atoms with Crippen LogP contribution in [0, 0.1) is 5.92 Å². The van der Waals surface area contributed by atoms with E-state index in [4.69, 9.17) is 0 Å². The maximum atomic E-state index is 3.71. The molecule has 1 saturated heterocycles. The normalized spacial score (nSPS) is 26.2. The number of rotatable bonds is 5. The summed E-state index contributed by atoms with van der Waals surface area (Å²) in [5.74, 6) is 0.732. The average molecular weight is 238 g/mol. The molecule has 2 heteroatoms. The fourth-order valence-corrected chi connectivity index (χ4v) is 2.61. The van der Waals surface area contributed by atoms with Crippen molar-refractivity contribution in [1.29, 1.82) is 0 Å². The quantitative estimate of drug-likeness (QED) is 0.741. The standard InChI is InChI=1S/C15H30N2/c1-6-7-14-11-17(9-8-12(2)3)15(10-16-14)13(4)5/h8,13-16H,6-7,9-11H2,1-5H3. The molecular weight excluding hydrogens is 208 g/mol. The Bertz CT molecular complexity index is 241.